The van der Waals surface area contributed by atoms with Gasteiger partial charge >= 0.3 is 0 Å². The van der Waals surface area contributed by atoms with Crippen LogP contribution >= 0.6 is 0 Å². The minimum atomic E-state index is -3.07. The van der Waals surface area contributed by atoms with Crippen LogP contribution in [0.25, 0.3) is 0 Å². The highest BCUT2D eigenvalue weighted by Gasteiger charge is 2.15. The average molecular weight is 325 g/mol. The summed E-state index contributed by atoms with van der Waals surface area (Å²) in [6.45, 7) is 1.82. The largest absolute Gasteiger partial charge is 0.376 e. The molecular formula is C15H23N3O3S. The molecule has 3 N–H and O–H groups in total. The summed E-state index contributed by atoms with van der Waals surface area (Å²) in [6, 6.07) is 7.37. The van der Waals surface area contributed by atoms with E-state index in [0.717, 1.165) is 30.6 Å². The lowest BCUT2D eigenvalue weighted by Gasteiger charge is -2.11. The highest BCUT2D eigenvalue weighted by atomic mass is 32.2. The van der Waals surface area contributed by atoms with Crippen molar-refractivity contribution in [3.05, 3.63) is 35.4 Å². The first-order valence-corrected chi connectivity index (χ1v) is 9.40. The second kappa shape index (κ2) is 7.60. The molecule has 1 fully saturated rings. The molecule has 0 amide bonds. The summed E-state index contributed by atoms with van der Waals surface area (Å²) in [5, 5.41) is 3.05. The molecule has 0 aromatic heterocycles. The number of rotatable bonds is 6. The first-order chi connectivity index (χ1) is 10.4. The standard InChI is InChI=1S/C15H23N3O3S/c1-22(19,20)11-13-6-3-2-5-12(13)9-17-15(16)18-10-14-7-4-8-21-14/h2-3,5-6,14H,4,7-11H2,1H3,(H3,16,17,18). The highest BCUT2D eigenvalue weighted by Crippen LogP contribution is 2.13. The molecule has 7 heteroatoms. The van der Waals surface area contributed by atoms with Crippen LogP contribution in [-0.4, -0.2) is 39.9 Å². The SMILES string of the molecule is CS(=O)(=O)Cc1ccccc1CN=C(N)NCC1CCCO1. The zero-order valence-corrected chi connectivity index (χ0v) is 13.6. The lowest BCUT2D eigenvalue weighted by Crippen LogP contribution is -2.37. The maximum atomic E-state index is 11.5. The third-order valence-electron chi connectivity index (χ3n) is 3.49. The first kappa shape index (κ1) is 16.8. The predicted octanol–water partition coefficient (Wildman–Crippen LogP) is 0.815. The Morgan fingerprint density at radius 1 is 1.41 bits per heavy atom. The van der Waals surface area contributed by atoms with Crippen molar-refractivity contribution >= 4 is 15.8 Å². The van der Waals surface area contributed by atoms with Crippen LogP contribution in [0.15, 0.2) is 29.3 Å². The summed E-state index contributed by atoms with van der Waals surface area (Å²) >= 11 is 0. The Kier molecular flexibility index (Phi) is 5.79. The molecule has 0 saturated carbocycles. The fourth-order valence-corrected chi connectivity index (χ4v) is 3.23. The van der Waals surface area contributed by atoms with Gasteiger partial charge in [-0.05, 0) is 24.0 Å². The van der Waals surface area contributed by atoms with E-state index in [1.807, 2.05) is 24.3 Å². The van der Waals surface area contributed by atoms with Gasteiger partial charge in [-0.15, -0.1) is 0 Å². The lowest BCUT2D eigenvalue weighted by molar-refractivity contribution is 0.114. The normalized spacial score (nSPS) is 19.3. The Labute approximate surface area is 131 Å². The van der Waals surface area contributed by atoms with Gasteiger partial charge in [0.25, 0.3) is 0 Å². The molecule has 0 aliphatic carbocycles. The summed E-state index contributed by atoms with van der Waals surface area (Å²) in [7, 11) is -3.07. The first-order valence-electron chi connectivity index (χ1n) is 7.34. The number of ether oxygens (including phenoxy) is 1. The summed E-state index contributed by atoms with van der Waals surface area (Å²) in [5.41, 5.74) is 7.48. The minimum Gasteiger partial charge on any atom is -0.376 e. The van der Waals surface area contributed by atoms with E-state index >= 15 is 0 Å². The summed E-state index contributed by atoms with van der Waals surface area (Å²) < 4.78 is 28.4. The number of nitrogens with two attached hydrogens (primary N) is 1. The van der Waals surface area contributed by atoms with E-state index in [4.69, 9.17) is 10.5 Å². The Morgan fingerprint density at radius 2 is 2.14 bits per heavy atom. The topological polar surface area (TPSA) is 93.8 Å². The number of aliphatic imine (C=N–C) groups is 1. The second-order valence-electron chi connectivity index (χ2n) is 5.56. The number of benzene rings is 1. The van der Waals surface area contributed by atoms with Gasteiger partial charge in [-0.2, -0.15) is 0 Å². The van der Waals surface area contributed by atoms with Crippen LogP contribution in [0, 0.1) is 0 Å². The Bertz CT molecular complexity index is 623. The van der Waals surface area contributed by atoms with Gasteiger partial charge in [0.2, 0.25) is 0 Å². The van der Waals surface area contributed by atoms with Crippen molar-refractivity contribution in [2.75, 3.05) is 19.4 Å². The predicted molar refractivity (Wildman–Crippen MR) is 87.3 cm³/mol. The van der Waals surface area contributed by atoms with Crippen molar-refractivity contribution in [3.63, 3.8) is 0 Å². The molecule has 1 unspecified atom stereocenters. The molecular weight excluding hydrogens is 302 g/mol. The molecule has 1 saturated heterocycles. The fourth-order valence-electron chi connectivity index (χ4n) is 2.38. The van der Waals surface area contributed by atoms with E-state index < -0.39 is 9.84 Å². The Balaban J connectivity index is 1.93. The maximum Gasteiger partial charge on any atom is 0.189 e. The third kappa shape index (κ3) is 5.65. The van der Waals surface area contributed by atoms with Crippen LogP contribution in [0.2, 0.25) is 0 Å². The minimum absolute atomic E-state index is 0.0158. The van der Waals surface area contributed by atoms with Crippen molar-refractivity contribution in [1.82, 2.24) is 5.32 Å². The van der Waals surface area contributed by atoms with Crippen LogP contribution in [0.4, 0.5) is 0 Å². The maximum absolute atomic E-state index is 11.5. The number of guanidine groups is 1. The van der Waals surface area contributed by atoms with Gasteiger partial charge < -0.3 is 15.8 Å². The summed E-state index contributed by atoms with van der Waals surface area (Å²) in [5.74, 6) is 0.367. The molecule has 1 heterocycles. The Morgan fingerprint density at radius 3 is 2.77 bits per heavy atom. The number of nitrogens with one attached hydrogen (secondary N) is 1. The van der Waals surface area contributed by atoms with Gasteiger partial charge in [-0.1, -0.05) is 24.3 Å². The van der Waals surface area contributed by atoms with Crippen LogP contribution in [-0.2, 0) is 26.9 Å². The molecule has 1 aromatic rings. The van der Waals surface area contributed by atoms with E-state index in [1.54, 1.807) is 0 Å². The monoisotopic (exact) mass is 325 g/mol. The van der Waals surface area contributed by atoms with E-state index in [-0.39, 0.29) is 11.9 Å². The molecule has 1 aliphatic heterocycles. The van der Waals surface area contributed by atoms with Crippen molar-refractivity contribution < 1.29 is 13.2 Å². The third-order valence-corrected chi connectivity index (χ3v) is 4.33. The van der Waals surface area contributed by atoms with Crippen LogP contribution in [0.1, 0.15) is 24.0 Å². The Hall–Kier alpha value is -1.60. The highest BCUT2D eigenvalue weighted by molar-refractivity contribution is 7.89. The molecule has 22 heavy (non-hydrogen) atoms. The van der Waals surface area contributed by atoms with Gasteiger partial charge in [0.1, 0.15) is 0 Å². The van der Waals surface area contributed by atoms with Crippen molar-refractivity contribution in [2.45, 2.75) is 31.2 Å². The molecule has 1 atom stereocenters. The van der Waals surface area contributed by atoms with Crippen LogP contribution < -0.4 is 11.1 Å². The van der Waals surface area contributed by atoms with Gasteiger partial charge in [0.05, 0.1) is 18.4 Å². The van der Waals surface area contributed by atoms with Crippen molar-refractivity contribution in [3.8, 4) is 0 Å². The second-order valence-corrected chi connectivity index (χ2v) is 7.70. The van der Waals surface area contributed by atoms with E-state index in [1.165, 1.54) is 6.26 Å². The van der Waals surface area contributed by atoms with Crippen LogP contribution in [0.3, 0.4) is 0 Å². The average Bonchev–Trinajstić information content (AvgIpc) is 2.96. The van der Waals surface area contributed by atoms with Crippen molar-refractivity contribution in [2.24, 2.45) is 10.7 Å². The smallest absolute Gasteiger partial charge is 0.189 e. The van der Waals surface area contributed by atoms with Crippen LogP contribution in [0.5, 0.6) is 0 Å². The zero-order chi connectivity index (χ0) is 16.0. The molecule has 1 aliphatic rings. The fraction of sp³-hybridized carbons (Fsp3) is 0.533. The van der Waals surface area contributed by atoms with Gasteiger partial charge in [0, 0.05) is 19.4 Å². The molecule has 6 nitrogen and oxygen atoms in total. The van der Waals surface area contributed by atoms with Gasteiger partial charge in [-0.25, -0.2) is 13.4 Å². The summed E-state index contributed by atoms with van der Waals surface area (Å²) in [4.78, 5) is 4.28. The zero-order valence-electron chi connectivity index (χ0n) is 12.8. The van der Waals surface area contributed by atoms with E-state index in [2.05, 4.69) is 10.3 Å². The molecule has 1 aromatic carbocycles. The molecule has 0 radical (unpaired) electrons. The molecule has 0 spiro atoms. The quantitative estimate of drug-likeness (QED) is 0.596. The van der Waals surface area contributed by atoms with Gasteiger partial charge in [-0.3, -0.25) is 0 Å². The molecule has 122 valence electrons. The van der Waals surface area contributed by atoms with Crippen molar-refractivity contribution in [1.29, 1.82) is 0 Å². The van der Waals surface area contributed by atoms with E-state index in [0.29, 0.717) is 19.0 Å². The summed E-state index contributed by atoms with van der Waals surface area (Å²) in [6.07, 6.45) is 3.55. The number of nitrogens with zero attached hydrogens (tertiary/aromatic N) is 1. The molecule has 0 bridgehead atoms. The van der Waals surface area contributed by atoms with E-state index in [9.17, 15) is 8.42 Å². The molecule has 2 rings (SSSR count). The number of hydrogen-bond acceptors (Lipinski definition) is 4. The van der Waals surface area contributed by atoms with Gasteiger partial charge in [0.15, 0.2) is 15.8 Å². The lowest BCUT2D eigenvalue weighted by atomic mass is 10.1. The number of hydrogen-bond donors (Lipinski definition) is 2. The number of sulfone groups is 1.